The molecule has 6 nitrogen and oxygen atoms in total. The van der Waals surface area contributed by atoms with Gasteiger partial charge in [-0.2, -0.15) is 5.10 Å². The van der Waals surface area contributed by atoms with Gasteiger partial charge in [-0.1, -0.05) is 36.4 Å². The van der Waals surface area contributed by atoms with Crippen molar-refractivity contribution in [2.45, 2.75) is 19.6 Å². The Kier molecular flexibility index (Phi) is 3.50. The van der Waals surface area contributed by atoms with Gasteiger partial charge in [0.25, 0.3) is 0 Å². The van der Waals surface area contributed by atoms with Crippen molar-refractivity contribution in [1.29, 1.82) is 0 Å². The Morgan fingerprint density at radius 1 is 1.19 bits per heavy atom. The number of carbonyl (C=O) groups excluding carboxylic acids is 1. The van der Waals surface area contributed by atoms with Crippen LogP contribution < -0.4 is 5.32 Å². The number of benzene rings is 2. The lowest BCUT2D eigenvalue weighted by Gasteiger charge is -2.12. The highest BCUT2D eigenvalue weighted by atomic mass is 16.5. The quantitative estimate of drug-likeness (QED) is 0.598. The van der Waals surface area contributed by atoms with Gasteiger partial charge >= 0.3 is 0 Å². The van der Waals surface area contributed by atoms with Gasteiger partial charge < -0.3 is 15.0 Å². The molecule has 1 amide bonds. The van der Waals surface area contributed by atoms with Crippen molar-refractivity contribution in [3.8, 4) is 0 Å². The van der Waals surface area contributed by atoms with Gasteiger partial charge in [-0.05, 0) is 11.6 Å². The van der Waals surface area contributed by atoms with E-state index in [9.17, 15) is 4.79 Å². The molecule has 0 saturated heterocycles. The van der Waals surface area contributed by atoms with Gasteiger partial charge in [0.15, 0.2) is 5.82 Å². The second kappa shape index (κ2) is 6.00. The monoisotopic (exact) mass is 346 g/mol. The van der Waals surface area contributed by atoms with Gasteiger partial charge in [0.05, 0.1) is 37.4 Å². The molecule has 4 aromatic rings. The van der Waals surface area contributed by atoms with Crippen LogP contribution in [0.5, 0.6) is 0 Å². The normalized spacial score (nSPS) is 13.8. The molecule has 0 fully saturated rings. The number of rotatable bonds is 3. The molecule has 6 heteroatoms. The van der Waals surface area contributed by atoms with E-state index in [4.69, 9.17) is 4.74 Å². The van der Waals surface area contributed by atoms with E-state index in [-0.39, 0.29) is 5.91 Å². The third-order valence-corrected chi connectivity index (χ3v) is 4.81. The van der Waals surface area contributed by atoms with Crippen LogP contribution in [0.4, 0.5) is 5.82 Å². The molecular weight excluding hydrogens is 328 g/mol. The summed E-state index contributed by atoms with van der Waals surface area (Å²) in [6.45, 7) is 1.92. The summed E-state index contributed by atoms with van der Waals surface area (Å²) in [7, 11) is 0. The summed E-state index contributed by atoms with van der Waals surface area (Å²) in [6.07, 6.45) is 0.294. The molecule has 2 aromatic carbocycles. The predicted octanol–water partition coefficient (Wildman–Crippen LogP) is 3.23. The number of nitrogens with one attached hydrogen (secondary N) is 2. The molecule has 3 heterocycles. The number of H-pyrrole nitrogens is 1. The van der Waals surface area contributed by atoms with Gasteiger partial charge in [-0.3, -0.25) is 9.48 Å². The van der Waals surface area contributed by atoms with Gasteiger partial charge in [0.2, 0.25) is 5.91 Å². The molecule has 0 bridgehead atoms. The number of ether oxygens (including phenoxy) is 1. The Bertz CT molecular complexity index is 1100. The highest BCUT2D eigenvalue weighted by Gasteiger charge is 2.15. The lowest BCUT2D eigenvalue weighted by atomic mass is 10.1. The summed E-state index contributed by atoms with van der Waals surface area (Å²) >= 11 is 0. The molecule has 2 N–H and O–H groups in total. The molecule has 0 saturated carbocycles. The van der Waals surface area contributed by atoms with Gasteiger partial charge in [0, 0.05) is 22.4 Å². The molecule has 0 aliphatic carbocycles. The summed E-state index contributed by atoms with van der Waals surface area (Å²) in [6, 6.07) is 16.1. The fourth-order valence-corrected chi connectivity index (χ4v) is 3.60. The first-order valence-electron chi connectivity index (χ1n) is 8.70. The van der Waals surface area contributed by atoms with E-state index in [1.807, 2.05) is 35.0 Å². The smallest absolute Gasteiger partial charge is 0.230 e. The van der Waals surface area contributed by atoms with Crippen LogP contribution in [0.1, 0.15) is 11.3 Å². The van der Waals surface area contributed by atoms with Gasteiger partial charge in [0.1, 0.15) is 0 Å². The summed E-state index contributed by atoms with van der Waals surface area (Å²) in [4.78, 5) is 16.0. The average Bonchev–Trinajstić information content (AvgIpc) is 3.22. The van der Waals surface area contributed by atoms with E-state index >= 15 is 0 Å². The lowest BCUT2D eigenvalue weighted by Crippen LogP contribution is -2.17. The molecule has 26 heavy (non-hydrogen) atoms. The maximum absolute atomic E-state index is 12.5. The first-order chi connectivity index (χ1) is 12.8. The average molecular weight is 346 g/mol. The van der Waals surface area contributed by atoms with Crippen molar-refractivity contribution in [3.63, 3.8) is 0 Å². The van der Waals surface area contributed by atoms with Crippen molar-refractivity contribution in [2.24, 2.45) is 0 Å². The maximum atomic E-state index is 12.5. The highest BCUT2D eigenvalue weighted by molar-refractivity contribution is 6.09. The van der Waals surface area contributed by atoms with E-state index < -0.39 is 0 Å². The number of nitrogens with zero attached hydrogens (tertiary/aromatic N) is 2. The fraction of sp³-hybridized carbons (Fsp3) is 0.200. The molecular formula is C20H18N4O2. The van der Waals surface area contributed by atoms with Crippen molar-refractivity contribution in [2.75, 3.05) is 11.9 Å². The number of fused-ring (bicyclic) bond motifs is 4. The Morgan fingerprint density at radius 2 is 2.08 bits per heavy atom. The van der Waals surface area contributed by atoms with E-state index in [1.165, 1.54) is 5.39 Å². The van der Waals surface area contributed by atoms with Crippen molar-refractivity contribution in [1.82, 2.24) is 14.8 Å². The number of aromatic amines is 1. The van der Waals surface area contributed by atoms with E-state index in [1.54, 1.807) is 0 Å². The first-order valence-corrected chi connectivity index (χ1v) is 8.70. The Morgan fingerprint density at radius 3 is 3.00 bits per heavy atom. The fourth-order valence-electron chi connectivity index (χ4n) is 3.60. The minimum atomic E-state index is -0.0764. The van der Waals surface area contributed by atoms with Crippen LogP contribution in [-0.2, 0) is 29.1 Å². The molecule has 1 aliphatic heterocycles. The van der Waals surface area contributed by atoms with Crippen molar-refractivity contribution < 1.29 is 9.53 Å². The van der Waals surface area contributed by atoms with Crippen LogP contribution in [0.2, 0.25) is 0 Å². The SMILES string of the molecule is O=C(Cc1cccc2c1[nH]c1ccccc12)Nc1cc2n(n1)CCOC2. The minimum absolute atomic E-state index is 0.0764. The third kappa shape index (κ3) is 2.55. The van der Waals surface area contributed by atoms with Crippen LogP contribution in [0.3, 0.4) is 0 Å². The first kappa shape index (κ1) is 15.2. The van der Waals surface area contributed by atoms with Crippen LogP contribution in [0, 0.1) is 0 Å². The zero-order valence-corrected chi connectivity index (χ0v) is 14.2. The van der Waals surface area contributed by atoms with Crippen LogP contribution in [0.25, 0.3) is 21.8 Å². The predicted molar refractivity (Wildman–Crippen MR) is 100 cm³/mol. The van der Waals surface area contributed by atoms with Crippen molar-refractivity contribution >= 4 is 33.5 Å². The van der Waals surface area contributed by atoms with Gasteiger partial charge in [-0.15, -0.1) is 0 Å². The van der Waals surface area contributed by atoms with Crippen LogP contribution in [-0.4, -0.2) is 27.3 Å². The standard InChI is InChI=1S/C20H18N4O2/c25-19(22-18-11-14-12-26-9-8-24(14)23-18)10-13-4-3-6-16-15-5-1-2-7-17(15)21-20(13)16/h1-7,11,21H,8-10,12H2,(H,22,23,25). The number of para-hydroxylation sites is 2. The highest BCUT2D eigenvalue weighted by Crippen LogP contribution is 2.27. The van der Waals surface area contributed by atoms with E-state index in [2.05, 4.69) is 33.6 Å². The molecule has 1 aliphatic rings. The molecule has 0 radical (unpaired) electrons. The number of hydrogen-bond acceptors (Lipinski definition) is 3. The zero-order chi connectivity index (χ0) is 17.5. The summed E-state index contributed by atoms with van der Waals surface area (Å²) in [5.41, 5.74) is 4.06. The Balaban J connectivity index is 1.42. The Labute approximate surface area is 149 Å². The number of aromatic nitrogens is 3. The number of hydrogen-bond donors (Lipinski definition) is 2. The van der Waals surface area contributed by atoms with E-state index in [0.29, 0.717) is 25.5 Å². The van der Waals surface area contributed by atoms with Crippen molar-refractivity contribution in [3.05, 3.63) is 59.8 Å². The molecule has 0 atom stereocenters. The third-order valence-electron chi connectivity index (χ3n) is 4.81. The minimum Gasteiger partial charge on any atom is -0.373 e. The Hall–Kier alpha value is -3.12. The topological polar surface area (TPSA) is 71.9 Å². The molecule has 0 spiro atoms. The van der Waals surface area contributed by atoms with Gasteiger partial charge in [-0.25, -0.2) is 0 Å². The largest absolute Gasteiger partial charge is 0.373 e. The summed E-state index contributed by atoms with van der Waals surface area (Å²) in [5.74, 6) is 0.506. The lowest BCUT2D eigenvalue weighted by molar-refractivity contribution is -0.115. The maximum Gasteiger partial charge on any atom is 0.230 e. The number of carbonyl (C=O) groups is 1. The van der Waals surface area contributed by atoms with Crippen LogP contribution >= 0.6 is 0 Å². The summed E-state index contributed by atoms with van der Waals surface area (Å²) in [5, 5.41) is 9.64. The number of anilines is 1. The van der Waals surface area contributed by atoms with Crippen LogP contribution in [0.15, 0.2) is 48.5 Å². The molecule has 0 unspecified atom stereocenters. The molecule has 130 valence electrons. The summed E-state index contributed by atoms with van der Waals surface area (Å²) < 4.78 is 7.30. The molecule has 2 aromatic heterocycles. The van der Waals surface area contributed by atoms with E-state index in [0.717, 1.165) is 34.2 Å². The second-order valence-electron chi connectivity index (χ2n) is 6.53. The number of amides is 1. The molecule has 5 rings (SSSR count). The zero-order valence-electron chi connectivity index (χ0n) is 14.2. The second-order valence-corrected chi connectivity index (χ2v) is 6.53.